The van der Waals surface area contributed by atoms with E-state index in [1.807, 2.05) is 0 Å². The number of hydrogen-bond donors (Lipinski definition) is 2. The summed E-state index contributed by atoms with van der Waals surface area (Å²) in [5.74, 6) is 1.95. The van der Waals surface area contributed by atoms with Crippen LogP contribution in [0.4, 0.5) is 0 Å². The van der Waals surface area contributed by atoms with E-state index in [9.17, 15) is 9.59 Å². The van der Waals surface area contributed by atoms with Gasteiger partial charge in [-0.3, -0.25) is 9.59 Å². The van der Waals surface area contributed by atoms with Gasteiger partial charge < -0.3 is 10.6 Å². The van der Waals surface area contributed by atoms with Gasteiger partial charge in [-0.2, -0.15) is 0 Å². The summed E-state index contributed by atoms with van der Waals surface area (Å²) in [6.45, 7) is 1.48. The molecule has 26 heavy (non-hydrogen) atoms. The van der Waals surface area contributed by atoms with Crippen LogP contribution in [0.15, 0.2) is 0 Å². The van der Waals surface area contributed by atoms with Gasteiger partial charge in [0.1, 0.15) is 0 Å². The van der Waals surface area contributed by atoms with Crippen LogP contribution >= 0.6 is 0 Å². The standard InChI is InChI=1S/C22H40N2O2/c25-21(15-13-19-9-3-1-4-10-19)23-17-7-8-18-24-22(26)16-14-20-11-5-2-6-12-20/h19-20H,1-18H2,(H,23,25)(H,24,26). The molecule has 2 amide bonds. The first-order valence-electron chi connectivity index (χ1n) is 11.3. The van der Waals surface area contributed by atoms with Gasteiger partial charge >= 0.3 is 0 Å². The molecule has 4 heteroatoms. The first-order chi connectivity index (χ1) is 12.7. The molecule has 150 valence electrons. The SMILES string of the molecule is O=C(CCC1CCCCC1)NCCCCNC(=O)CCC1CCCCC1. The van der Waals surface area contributed by atoms with E-state index in [-0.39, 0.29) is 11.8 Å². The van der Waals surface area contributed by atoms with Crippen LogP contribution in [0.3, 0.4) is 0 Å². The van der Waals surface area contributed by atoms with E-state index in [1.165, 1.54) is 64.2 Å². The highest BCUT2D eigenvalue weighted by Crippen LogP contribution is 2.27. The molecule has 2 rings (SSSR count). The summed E-state index contributed by atoms with van der Waals surface area (Å²) in [5.41, 5.74) is 0. The fourth-order valence-electron chi connectivity index (χ4n) is 4.50. The number of nitrogens with one attached hydrogen (secondary N) is 2. The van der Waals surface area contributed by atoms with Crippen LogP contribution in [0.1, 0.15) is 103 Å². The van der Waals surface area contributed by atoms with E-state index in [2.05, 4.69) is 10.6 Å². The molecule has 0 aromatic heterocycles. The van der Waals surface area contributed by atoms with E-state index in [1.54, 1.807) is 0 Å². The second-order valence-electron chi connectivity index (χ2n) is 8.49. The molecular weight excluding hydrogens is 324 g/mol. The minimum absolute atomic E-state index is 0.201. The van der Waals surface area contributed by atoms with E-state index in [4.69, 9.17) is 0 Å². The van der Waals surface area contributed by atoms with Gasteiger partial charge in [0.05, 0.1) is 0 Å². The van der Waals surface area contributed by atoms with Gasteiger partial charge in [0.25, 0.3) is 0 Å². The summed E-state index contributed by atoms with van der Waals surface area (Å²) >= 11 is 0. The zero-order chi connectivity index (χ0) is 18.5. The number of carbonyl (C=O) groups is 2. The lowest BCUT2D eigenvalue weighted by Crippen LogP contribution is -2.27. The minimum atomic E-state index is 0.201. The third-order valence-electron chi connectivity index (χ3n) is 6.26. The maximum absolute atomic E-state index is 11.9. The Kier molecular flexibility index (Phi) is 10.8. The van der Waals surface area contributed by atoms with Gasteiger partial charge in [-0.05, 0) is 37.5 Å². The molecule has 0 aliphatic heterocycles. The number of carbonyl (C=O) groups excluding carboxylic acids is 2. The Morgan fingerprint density at radius 3 is 1.38 bits per heavy atom. The molecule has 2 aliphatic rings. The maximum Gasteiger partial charge on any atom is 0.220 e. The summed E-state index contributed by atoms with van der Waals surface area (Å²) in [6.07, 6.45) is 18.8. The number of amides is 2. The lowest BCUT2D eigenvalue weighted by Gasteiger charge is -2.21. The monoisotopic (exact) mass is 364 g/mol. The molecule has 2 fully saturated rings. The molecule has 0 saturated heterocycles. The van der Waals surface area contributed by atoms with Crippen molar-refractivity contribution in [1.82, 2.24) is 10.6 Å². The third-order valence-corrected chi connectivity index (χ3v) is 6.26. The topological polar surface area (TPSA) is 58.2 Å². The van der Waals surface area contributed by atoms with Gasteiger partial charge in [0, 0.05) is 25.9 Å². The summed E-state index contributed by atoms with van der Waals surface area (Å²) in [6, 6.07) is 0. The highest BCUT2D eigenvalue weighted by atomic mass is 16.2. The molecule has 2 N–H and O–H groups in total. The Labute approximate surface area is 160 Å². The van der Waals surface area contributed by atoms with Crippen LogP contribution in [-0.4, -0.2) is 24.9 Å². The molecule has 0 spiro atoms. The maximum atomic E-state index is 11.9. The first-order valence-corrected chi connectivity index (χ1v) is 11.3. The van der Waals surface area contributed by atoms with Crippen LogP contribution in [0.25, 0.3) is 0 Å². The lowest BCUT2D eigenvalue weighted by molar-refractivity contribution is -0.122. The van der Waals surface area contributed by atoms with E-state index >= 15 is 0 Å². The normalized spacial score (nSPS) is 19.2. The van der Waals surface area contributed by atoms with Crippen LogP contribution in [0.2, 0.25) is 0 Å². The van der Waals surface area contributed by atoms with Crippen LogP contribution < -0.4 is 10.6 Å². The summed E-state index contributed by atoms with van der Waals surface area (Å²) in [4.78, 5) is 23.8. The smallest absolute Gasteiger partial charge is 0.220 e. The third kappa shape index (κ3) is 9.59. The van der Waals surface area contributed by atoms with E-state index < -0.39 is 0 Å². The second-order valence-corrected chi connectivity index (χ2v) is 8.49. The number of hydrogen-bond acceptors (Lipinski definition) is 2. The highest BCUT2D eigenvalue weighted by Gasteiger charge is 2.15. The number of unbranched alkanes of at least 4 members (excludes halogenated alkanes) is 1. The largest absolute Gasteiger partial charge is 0.356 e. The average Bonchev–Trinajstić information content (AvgIpc) is 2.69. The predicted octanol–water partition coefficient (Wildman–Crippen LogP) is 4.72. The zero-order valence-electron chi connectivity index (χ0n) is 16.7. The Bertz CT molecular complexity index is 361. The van der Waals surface area contributed by atoms with Gasteiger partial charge in [0.2, 0.25) is 11.8 Å². The van der Waals surface area contributed by atoms with Gasteiger partial charge in [-0.15, -0.1) is 0 Å². The van der Waals surface area contributed by atoms with Crippen LogP contribution in [-0.2, 0) is 9.59 Å². The van der Waals surface area contributed by atoms with Crippen molar-refractivity contribution >= 4 is 11.8 Å². The van der Waals surface area contributed by atoms with E-state index in [0.29, 0.717) is 12.8 Å². The average molecular weight is 365 g/mol. The van der Waals surface area contributed by atoms with Crippen molar-refractivity contribution in [2.75, 3.05) is 13.1 Å². The van der Waals surface area contributed by atoms with Crippen LogP contribution in [0.5, 0.6) is 0 Å². The predicted molar refractivity (Wildman–Crippen MR) is 107 cm³/mol. The van der Waals surface area contributed by atoms with Gasteiger partial charge in [-0.1, -0.05) is 64.2 Å². The van der Waals surface area contributed by atoms with Crippen molar-refractivity contribution in [3.05, 3.63) is 0 Å². The minimum Gasteiger partial charge on any atom is -0.356 e. The van der Waals surface area contributed by atoms with Crippen molar-refractivity contribution < 1.29 is 9.59 Å². The molecule has 2 aliphatic carbocycles. The lowest BCUT2D eigenvalue weighted by atomic mass is 9.86. The molecule has 0 aromatic rings. The summed E-state index contributed by atoms with van der Waals surface area (Å²) < 4.78 is 0. The fourth-order valence-corrected chi connectivity index (χ4v) is 4.50. The molecule has 0 radical (unpaired) electrons. The Morgan fingerprint density at radius 2 is 1.00 bits per heavy atom. The zero-order valence-corrected chi connectivity index (χ0v) is 16.7. The molecule has 0 atom stereocenters. The molecule has 4 nitrogen and oxygen atoms in total. The first kappa shape index (κ1) is 21.2. The highest BCUT2D eigenvalue weighted by molar-refractivity contribution is 5.76. The molecule has 0 aromatic carbocycles. The molecule has 0 unspecified atom stereocenters. The van der Waals surface area contributed by atoms with Gasteiger partial charge in [-0.25, -0.2) is 0 Å². The van der Waals surface area contributed by atoms with Crippen molar-refractivity contribution in [2.24, 2.45) is 11.8 Å². The Morgan fingerprint density at radius 1 is 0.615 bits per heavy atom. The van der Waals surface area contributed by atoms with Crippen molar-refractivity contribution in [1.29, 1.82) is 0 Å². The molecule has 2 saturated carbocycles. The van der Waals surface area contributed by atoms with E-state index in [0.717, 1.165) is 50.6 Å². The molecular formula is C22H40N2O2. The quantitative estimate of drug-likeness (QED) is 0.521. The van der Waals surface area contributed by atoms with Gasteiger partial charge in [0.15, 0.2) is 0 Å². The summed E-state index contributed by atoms with van der Waals surface area (Å²) in [7, 11) is 0. The van der Waals surface area contributed by atoms with Crippen molar-refractivity contribution in [3.8, 4) is 0 Å². The van der Waals surface area contributed by atoms with Crippen molar-refractivity contribution in [3.63, 3.8) is 0 Å². The van der Waals surface area contributed by atoms with Crippen LogP contribution in [0, 0.1) is 11.8 Å². The fraction of sp³-hybridized carbons (Fsp3) is 0.909. The molecule has 0 bridgehead atoms. The summed E-state index contributed by atoms with van der Waals surface area (Å²) in [5, 5.41) is 6.05. The second kappa shape index (κ2) is 13.2. The molecule has 0 heterocycles. The Hall–Kier alpha value is -1.06. The number of rotatable bonds is 11. The van der Waals surface area contributed by atoms with Crippen molar-refractivity contribution in [2.45, 2.75) is 103 Å². The Balaban J connectivity index is 1.37.